The van der Waals surface area contributed by atoms with Gasteiger partial charge in [0.25, 0.3) is 5.91 Å². The van der Waals surface area contributed by atoms with E-state index in [0.29, 0.717) is 5.92 Å². The van der Waals surface area contributed by atoms with E-state index in [2.05, 4.69) is 0 Å². The molecule has 2 N–H and O–H groups in total. The number of carbonyl (C=O) groups is 1. The lowest BCUT2D eigenvalue weighted by Gasteiger charge is -1.89. The van der Waals surface area contributed by atoms with E-state index in [-0.39, 0.29) is 5.57 Å². The van der Waals surface area contributed by atoms with Crippen molar-refractivity contribution in [2.75, 3.05) is 0 Å². The zero-order valence-electron chi connectivity index (χ0n) is 6.21. The Bertz CT molecular complexity index is 233. The molecule has 3 nitrogen and oxygen atoms in total. The third kappa shape index (κ3) is 2.42. The summed E-state index contributed by atoms with van der Waals surface area (Å²) in [6.45, 7) is 0. The minimum atomic E-state index is -0.617. The molecule has 1 aliphatic rings. The summed E-state index contributed by atoms with van der Waals surface area (Å²) < 4.78 is 0. The molecule has 1 amide bonds. The highest BCUT2D eigenvalue weighted by molar-refractivity contribution is 5.95. The molecule has 58 valence electrons. The average molecular weight is 150 g/mol. The lowest BCUT2D eigenvalue weighted by Crippen LogP contribution is -2.12. The van der Waals surface area contributed by atoms with Gasteiger partial charge in [-0.25, -0.2) is 0 Å². The summed E-state index contributed by atoms with van der Waals surface area (Å²) >= 11 is 0. The standard InChI is InChI=1S/C8H10N2O/c9-5-7(8(10)11)4-3-6-1-2-6/h4,6H,1-3H2,(H2,10,11). The van der Waals surface area contributed by atoms with Crippen molar-refractivity contribution in [3.63, 3.8) is 0 Å². The molecule has 0 aromatic rings. The number of hydrogen-bond acceptors (Lipinski definition) is 2. The molecule has 3 heteroatoms. The van der Waals surface area contributed by atoms with Gasteiger partial charge in [0.05, 0.1) is 0 Å². The number of nitrogens with two attached hydrogens (primary N) is 1. The van der Waals surface area contributed by atoms with Gasteiger partial charge >= 0.3 is 0 Å². The summed E-state index contributed by atoms with van der Waals surface area (Å²) in [6.07, 6.45) is 4.90. The molecule has 0 radical (unpaired) electrons. The van der Waals surface area contributed by atoms with Crippen LogP contribution < -0.4 is 5.73 Å². The molecule has 1 rings (SSSR count). The first-order chi connectivity index (χ1) is 5.24. The third-order valence-corrected chi connectivity index (χ3v) is 1.74. The lowest BCUT2D eigenvalue weighted by atomic mass is 10.2. The Morgan fingerprint density at radius 3 is 2.73 bits per heavy atom. The van der Waals surface area contributed by atoms with Gasteiger partial charge in [-0.3, -0.25) is 4.79 Å². The van der Waals surface area contributed by atoms with Gasteiger partial charge in [0.1, 0.15) is 11.6 Å². The first-order valence-electron chi connectivity index (χ1n) is 3.64. The van der Waals surface area contributed by atoms with Crippen LogP contribution in [-0.4, -0.2) is 5.91 Å². The monoisotopic (exact) mass is 150 g/mol. The minimum Gasteiger partial charge on any atom is -0.365 e. The van der Waals surface area contributed by atoms with Crippen molar-refractivity contribution in [3.05, 3.63) is 11.6 Å². The predicted octanol–water partition coefficient (Wildman–Crippen LogP) is 0.722. The fourth-order valence-corrected chi connectivity index (χ4v) is 0.839. The Morgan fingerprint density at radius 1 is 1.73 bits per heavy atom. The van der Waals surface area contributed by atoms with Gasteiger partial charge in [-0.2, -0.15) is 5.26 Å². The van der Waals surface area contributed by atoms with E-state index in [1.807, 2.05) is 0 Å². The number of carbonyl (C=O) groups excluding carboxylic acids is 1. The van der Waals surface area contributed by atoms with Gasteiger partial charge in [-0.05, 0) is 25.2 Å². The Balaban J connectivity index is 2.45. The molecule has 0 heterocycles. The highest BCUT2D eigenvalue weighted by Crippen LogP contribution is 2.32. The van der Waals surface area contributed by atoms with Crippen LogP contribution in [0.15, 0.2) is 11.6 Å². The first kappa shape index (κ1) is 7.80. The summed E-state index contributed by atoms with van der Waals surface area (Å²) in [5.41, 5.74) is 5.02. The molecule has 1 fully saturated rings. The van der Waals surface area contributed by atoms with Gasteiger partial charge in [0, 0.05) is 0 Å². The molecule has 0 saturated heterocycles. The normalized spacial score (nSPS) is 17.5. The fourth-order valence-electron chi connectivity index (χ4n) is 0.839. The maximum Gasteiger partial charge on any atom is 0.259 e. The van der Waals surface area contributed by atoms with Crippen LogP contribution in [-0.2, 0) is 4.79 Å². The second-order valence-electron chi connectivity index (χ2n) is 2.77. The van der Waals surface area contributed by atoms with Crippen LogP contribution in [0.2, 0.25) is 0 Å². The van der Waals surface area contributed by atoms with E-state index in [1.165, 1.54) is 12.8 Å². The molecule has 0 bridgehead atoms. The highest BCUT2D eigenvalue weighted by atomic mass is 16.1. The van der Waals surface area contributed by atoms with E-state index in [0.717, 1.165) is 6.42 Å². The van der Waals surface area contributed by atoms with Gasteiger partial charge in [0.15, 0.2) is 0 Å². The number of amides is 1. The molecular formula is C8H10N2O. The lowest BCUT2D eigenvalue weighted by molar-refractivity contribution is -0.114. The van der Waals surface area contributed by atoms with E-state index < -0.39 is 5.91 Å². The highest BCUT2D eigenvalue weighted by Gasteiger charge is 2.20. The Hall–Kier alpha value is -1.30. The number of nitrogens with zero attached hydrogens (tertiary/aromatic N) is 1. The van der Waals surface area contributed by atoms with Crippen molar-refractivity contribution in [1.29, 1.82) is 5.26 Å². The quantitative estimate of drug-likeness (QED) is 0.476. The van der Waals surface area contributed by atoms with Crippen molar-refractivity contribution in [2.24, 2.45) is 11.7 Å². The van der Waals surface area contributed by atoms with Gasteiger partial charge < -0.3 is 5.73 Å². The van der Waals surface area contributed by atoms with Crippen molar-refractivity contribution >= 4 is 5.91 Å². The van der Waals surface area contributed by atoms with E-state index in [1.54, 1.807) is 12.1 Å². The van der Waals surface area contributed by atoms with Crippen LogP contribution in [0.25, 0.3) is 0 Å². The van der Waals surface area contributed by atoms with Crippen LogP contribution in [0.1, 0.15) is 19.3 Å². The molecule has 0 aromatic carbocycles. The van der Waals surface area contributed by atoms with E-state index in [9.17, 15) is 4.79 Å². The number of rotatable bonds is 3. The predicted molar refractivity (Wildman–Crippen MR) is 40.2 cm³/mol. The molecule has 1 saturated carbocycles. The van der Waals surface area contributed by atoms with Crippen molar-refractivity contribution in [1.82, 2.24) is 0 Å². The van der Waals surface area contributed by atoms with Crippen LogP contribution in [0.4, 0.5) is 0 Å². The molecule has 0 aliphatic heterocycles. The van der Waals surface area contributed by atoms with Gasteiger partial charge in [-0.15, -0.1) is 0 Å². The molecule has 0 unspecified atom stereocenters. The second-order valence-corrected chi connectivity index (χ2v) is 2.77. The summed E-state index contributed by atoms with van der Waals surface area (Å²) in [4.78, 5) is 10.5. The summed E-state index contributed by atoms with van der Waals surface area (Å²) in [5, 5.41) is 8.41. The first-order valence-corrected chi connectivity index (χ1v) is 3.64. The van der Waals surface area contributed by atoms with Crippen LogP contribution in [0.5, 0.6) is 0 Å². The Morgan fingerprint density at radius 2 is 2.36 bits per heavy atom. The summed E-state index contributed by atoms with van der Waals surface area (Å²) in [7, 11) is 0. The zero-order valence-corrected chi connectivity index (χ0v) is 6.21. The minimum absolute atomic E-state index is 0.0944. The molecule has 1 aliphatic carbocycles. The van der Waals surface area contributed by atoms with Crippen LogP contribution in [0, 0.1) is 17.2 Å². The fraction of sp³-hybridized carbons (Fsp3) is 0.500. The number of primary amides is 1. The number of allylic oxidation sites excluding steroid dienone is 1. The summed E-state index contributed by atoms with van der Waals surface area (Å²) in [5.74, 6) is 0.0749. The largest absolute Gasteiger partial charge is 0.365 e. The number of nitriles is 1. The average Bonchev–Trinajstić information content (AvgIpc) is 2.72. The topological polar surface area (TPSA) is 66.9 Å². The van der Waals surface area contributed by atoms with Gasteiger partial charge in [-0.1, -0.05) is 6.08 Å². The molecule has 0 atom stereocenters. The third-order valence-electron chi connectivity index (χ3n) is 1.74. The SMILES string of the molecule is N#CC(=CCC1CC1)C(N)=O. The van der Waals surface area contributed by atoms with Crippen molar-refractivity contribution in [3.8, 4) is 6.07 Å². The molecule has 11 heavy (non-hydrogen) atoms. The van der Waals surface area contributed by atoms with E-state index in [4.69, 9.17) is 11.0 Å². The molecule has 0 spiro atoms. The maximum absolute atomic E-state index is 10.5. The Kier molecular flexibility index (Phi) is 2.27. The second kappa shape index (κ2) is 3.20. The van der Waals surface area contributed by atoms with Crippen molar-refractivity contribution in [2.45, 2.75) is 19.3 Å². The van der Waals surface area contributed by atoms with Gasteiger partial charge in [0.2, 0.25) is 0 Å². The Labute approximate surface area is 65.5 Å². The smallest absolute Gasteiger partial charge is 0.259 e. The number of hydrogen-bond donors (Lipinski definition) is 1. The maximum atomic E-state index is 10.5. The molecule has 0 aromatic heterocycles. The zero-order chi connectivity index (χ0) is 8.27. The van der Waals surface area contributed by atoms with Crippen LogP contribution in [0.3, 0.4) is 0 Å². The summed E-state index contributed by atoms with van der Waals surface area (Å²) in [6, 6.07) is 1.77. The van der Waals surface area contributed by atoms with Crippen molar-refractivity contribution < 1.29 is 4.79 Å². The van der Waals surface area contributed by atoms with Crippen LogP contribution >= 0.6 is 0 Å². The molecular weight excluding hydrogens is 140 g/mol. The van der Waals surface area contributed by atoms with E-state index >= 15 is 0 Å².